The molecule has 0 spiro atoms. The molecular formula is C12H22N6. The number of nitrogens with zero attached hydrogens (tertiary/aromatic N) is 4. The number of hydrogen-bond acceptors (Lipinski definition) is 6. The van der Waals surface area contributed by atoms with Gasteiger partial charge in [0.15, 0.2) is 0 Å². The van der Waals surface area contributed by atoms with Gasteiger partial charge in [-0.2, -0.15) is 4.98 Å². The summed E-state index contributed by atoms with van der Waals surface area (Å²) in [6, 6.07) is 1.91. The van der Waals surface area contributed by atoms with E-state index < -0.39 is 0 Å². The summed E-state index contributed by atoms with van der Waals surface area (Å²) in [5, 5.41) is 0. The maximum absolute atomic E-state index is 5.32. The Hall–Kier alpha value is -1.40. The fraction of sp³-hybridized carbons (Fsp3) is 0.667. The van der Waals surface area contributed by atoms with Crippen LogP contribution >= 0.6 is 0 Å². The minimum atomic E-state index is 0.461. The molecule has 0 amide bonds. The quantitative estimate of drug-likeness (QED) is 0.600. The van der Waals surface area contributed by atoms with Crippen LogP contribution in [-0.2, 0) is 0 Å². The van der Waals surface area contributed by atoms with E-state index in [4.69, 9.17) is 5.84 Å². The van der Waals surface area contributed by atoms with Gasteiger partial charge in [0.2, 0.25) is 5.95 Å². The van der Waals surface area contributed by atoms with Gasteiger partial charge in [-0.25, -0.2) is 10.8 Å². The van der Waals surface area contributed by atoms with Crippen LogP contribution in [0, 0.1) is 5.92 Å². The predicted octanol–water partition coefficient (Wildman–Crippen LogP) is 0.540. The lowest BCUT2D eigenvalue weighted by Crippen LogP contribution is -2.36. The maximum Gasteiger partial charge on any atom is 0.239 e. The number of piperidine rings is 1. The number of hydrazine groups is 1. The second kappa shape index (κ2) is 5.97. The minimum Gasteiger partial charge on any atom is -0.359 e. The van der Waals surface area contributed by atoms with Crippen molar-refractivity contribution in [1.82, 2.24) is 14.9 Å². The lowest BCUT2D eigenvalue weighted by atomic mass is 9.97. The molecule has 2 heterocycles. The molecular weight excluding hydrogens is 228 g/mol. The van der Waals surface area contributed by atoms with Crippen molar-refractivity contribution in [3.8, 4) is 0 Å². The highest BCUT2D eigenvalue weighted by atomic mass is 15.3. The summed E-state index contributed by atoms with van der Waals surface area (Å²) < 4.78 is 0. The second-order valence-electron chi connectivity index (χ2n) is 5.01. The average Bonchev–Trinajstić information content (AvgIpc) is 2.41. The Morgan fingerprint density at radius 1 is 1.50 bits per heavy atom. The van der Waals surface area contributed by atoms with E-state index in [1.807, 2.05) is 6.07 Å². The average molecular weight is 250 g/mol. The zero-order chi connectivity index (χ0) is 13.0. The number of rotatable bonds is 4. The summed E-state index contributed by atoms with van der Waals surface area (Å²) in [5.74, 6) is 7.44. The molecule has 1 saturated heterocycles. The molecule has 1 aliphatic heterocycles. The Bertz CT molecular complexity index is 375. The monoisotopic (exact) mass is 250 g/mol. The Kier molecular flexibility index (Phi) is 4.33. The van der Waals surface area contributed by atoms with Crippen LogP contribution in [-0.4, -0.2) is 48.6 Å². The normalized spacial score (nSPS) is 17.7. The third-order valence-corrected chi connectivity index (χ3v) is 3.53. The van der Waals surface area contributed by atoms with Crippen molar-refractivity contribution in [2.75, 3.05) is 44.1 Å². The van der Waals surface area contributed by atoms with Crippen LogP contribution in [0.5, 0.6) is 0 Å². The third kappa shape index (κ3) is 3.30. The first-order valence-electron chi connectivity index (χ1n) is 6.38. The molecule has 0 saturated carbocycles. The summed E-state index contributed by atoms with van der Waals surface area (Å²) in [7, 11) is 4.25. The number of hydrogen-bond donors (Lipinski definition) is 2. The maximum atomic E-state index is 5.32. The Labute approximate surface area is 108 Å². The zero-order valence-corrected chi connectivity index (χ0v) is 11.1. The van der Waals surface area contributed by atoms with Gasteiger partial charge in [-0.1, -0.05) is 0 Å². The minimum absolute atomic E-state index is 0.461. The number of likely N-dealkylation sites (tertiary alicyclic amines) is 1. The third-order valence-electron chi connectivity index (χ3n) is 3.53. The predicted molar refractivity (Wildman–Crippen MR) is 73.3 cm³/mol. The van der Waals surface area contributed by atoms with Crippen LogP contribution in [0.15, 0.2) is 12.3 Å². The van der Waals surface area contributed by atoms with Crippen LogP contribution in [0.2, 0.25) is 0 Å². The van der Waals surface area contributed by atoms with E-state index in [1.165, 1.54) is 25.9 Å². The molecule has 100 valence electrons. The van der Waals surface area contributed by atoms with Gasteiger partial charge in [0, 0.05) is 19.8 Å². The van der Waals surface area contributed by atoms with E-state index in [0.29, 0.717) is 5.95 Å². The number of nitrogens with one attached hydrogen (secondary N) is 1. The van der Waals surface area contributed by atoms with Crippen LogP contribution in [0.25, 0.3) is 0 Å². The first-order chi connectivity index (χ1) is 8.69. The number of nitrogens with two attached hydrogens (primary N) is 1. The van der Waals surface area contributed by atoms with E-state index in [0.717, 1.165) is 18.3 Å². The van der Waals surface area contributed by atoms with E-state index in [2.05, 4.69) is 39.3 Å². The molecule has 0 bridgehead atoms. The summed E-state index contributed by atoms with van der Waals surface area (Å²) in [4.78, 5) is 12.9. The summed E-state index contributed by atoms with van der Waals surface area (Å²) in [6.07, 6.45) is 4.24. The zero-order valence-electron chi connectivity index (χ0n) is 11.1. The van der Waals surface area contributed by atoms with Gasteiger partial charge < -0.3 is 9.80 Å². The van der Waals surface area contributed by atoms with Crippen molar-refractivity contribution in [2.24, 2.45) is 11.8 Å². The fourth-order valence-corrected chi connectivity index (χ4v) is 2.36. The molecule has 0 aliphatic carbocycles. The standard InChI is InChI=1S/C12H22N6/c1-17-7-4-10(5-8-17)9-18(2)11-3-6-14-12(15-11)16-13/h3,6,10H,4-5,7-9,13H2,1-2H3,(H,14,15,16). The lowest BCUT2D eigenvalue weighted by molar-refractivity contribution is 0.222. The van der Waals surface area contributed by atoms with Crippen LogP contribution in [0.4, 0.5) is 11.8 Å². The van der Waals surface area contributed by atoms with Gasteiger partial charge in [0.05, 0.1) is 0 Å². The van der Waals surface area contributed by atoms with Crippen LogP contribution < -0.4 is 16.2 Å². The number of aromatic nitrogens is 2. The molecule has 18 heavy (non-hydrogen) atoms. The van der Waals surface area contributed by atoms with Gasteiger partial charge in [-0.3, -0.25) is 5.43 Å². The summed E-state index contributed by atoms with van der Waals surface area (Å²) in [6.45, 7) is 3.42. The highest BCUT2D eigenvalue weighted by Crippen LogP contribution is 2.19. The summed E-state index contributed by atoms with van der Waals surface area (Å²) in [5.41, 5.74) is 2.48. The Morgan fingerprint density at radius 3 is 2.89 bits per heavy atom. The van der Waals surface area contributed by atoms with Gasteiger partial charge in [0.1, 0.15) is 5.82 Å². The molecule has 3 N–H and O–H groups in total. The van der Waals surface area contributed by atoms with Gasteiger partial charge in [-0.05, 0) is 45.0 Å². The van der Waals surface area contributed by atoms with Crippen molar-refractivity contribution in [2.45, 2.75) is 12.8 Å². The molecule has 1 aromatic rings. The second-order valence-corrected chi connectivity index (χ2v) is 5.01. The summed E-state index contributed by atoms with van der Waals surface area (Å²) >= 11 is 0. The number of nitrogen functional groups attached to an aromatic ring is 1. The van der Waals surface area contributed by atoms with Crippen molar-refractivity contribution >= 4 is 11.8 Å². The van der Waals surface area contributed by atoms with Gasteiger partial charge >= 0.3 is 0 Å². The first-order valence-corrected chi connectivity index (χ1v) is 6.38. The molecule has 6 nitrogen and oxygen atoms in total. The number of anilines is 2. The van der Waals surface area contributed by atoms with Crippen molar-refractivity contribution in [1.29, 1.82) is 0 Å². The lowest BCUT2D eigenvalue weighted by Gasteiger charge is -2.32. The molecule has 0 unspecified atom stereocenters. The van der Waals surface area contributed by atoms with Crippen LogP contribution in [0.3, 0.4) is 0 Å². The molecule has 0 atom stereocenters. The van der Waals surface area contributed by atoms with Crippen LogP contribution in [0.1, 0.15) is 12.8 Å². The molecule has 1 aliphatic rings. The largest absolute Gasteiger partial charge is 0.359 e. The smallest absolute Gasteiger partial charge is 0.239 e. The molecule has 1 fully saturated rings. The Morgan fingerprint density at radius 2 is 2.22 bits per heavy atom. The van der Waals surface area contributed by atoms with Crippen molar-refractivity contribution in [3.05, 3.63) is 12.3 Å². The fourth-order valence-electron chi connectivity index (χ4n) is 2.36. The molecule has 2 rings (SSSR count). The van der Waals surface area contributed by atoms with Crippen molar-refractivity contribution < 1.29 is 0 Å². The van der Waals surface area contributed by atoms with E-state index >= 15 is 0 Å². The van der Waals surface area contributed by atoms with Gasteiger partial charge in [-0.15, -0.1) is 0 Å². The Balaban J connectivity index is 1.92. The molecule has 0 aromatic carbocycles. The van der Waals surface area contributed by atoms with E-state index in [1.54, 1.807) is 6.20 Å². The van der Waals surface area contributed by atoms with Crippen molar-refractivity contribution in [3.63, 3.8) is 0 Å². The molecule has 0 radical (unpaired) electrons. The highest BCUT2D eigenvalue weighted by molar-refractivity contribution is 5.41. The van der Waals surface area contributed by atoms with E-state index in [-0.39, 0.29) is 0 Å². The van der Waals surface area contributed by atoms with Gasteiger partial charge in [0.25, 0.3) is 0 Å². The topological polar surface area (TPSA) is 70.3 Å². The highest BCUT2D eigenvalue weighted by Gasteiger charge is 2.18. The molecule has 6 heteroatoms. The molecule has 1 aromatic heterocycles. The van der Waals surface area contributed by atoms with E-state index in [9.17, 15) is 0 Å². The SMILES string of the molecule is CN1CCC(CN(C)c2ccnc(NN)n2)CC1. The first kappa shape index (κ1) is 13.0.